The second-order valence-corrected chi connectivity index (χ2v) is 15.0. The summed E-state index contributed by atoms with van der Waals surface area (Å²) >= 11 is 0. The fourth-order valence-corrected chi connectivity index (χ4v) is 9.27. The Balaban J connectivity index is 1.37. The van der Waals surface area contributed by atoms with E-state index in [-0.39, 0.29) is 41.3 Å². The number of ether oxygens (including phenoxy) is 1. The normalized spacial score (nSPS) is 23.3. The minimum atomic E-state index is -1.31. The Morgan fingerprint density at radius 3 is 1.49 bits per heavy atom. The van der Waals surface area contributed by atoms with E-state index in [4.69, 9.17) is 4.74 Å². The molecule has 3 fully saturated rings. The summed E-state index contributed by atoms with van der Waals surface area (Å²) < 4.78 is 5.24. The number of fused-ring (bicyclic) bond motifs is 4. The second-order valence-electron chi connectivity index (χ2n) is 15.0. The lowest BCUT2D eigenvalue weighted by atomic mass is 9.57. The average molecular weight is 815 g/mol. The van der Waals surface area contributed by atoms with Crippen molar-refractivity contribution in [3.8, 4) is 11.5 Å². The quantitative estimate of drug-likeness (QED) is 0.130. The van der Waals surface area contributed by atoms with Crippen LogP contribution in [0.3, 0.4) is 0 Å². The van der Waals surface area contributed by atoms with Crippen LogP contribution in [0.15, 0.2) is 54.1 Å². The molecule has 306 valence electrons. The summed E-state index contributed by atoms with van der Waals surface area (Å²) in [5.74, 6) is -10.6. The Morgan fingerprint density at radius 2 is 1.08 bits per heavy atom. The van der Waals surface area contributed by atoms with E-state index in [1.54, 1.807) is 6.08 Å². The third kappa shape index (κ3) is 6.01. The molecule has 2 heterocycles. The van der Waals surface area contributed by atoms with Gasteiger partial charge in [-0.1, -0.05) is 17.7 Å². The van der Waals surface area contributed by atoms with E-state index >= 15 is 0 Å². The fourth-order valence-electron chi connectivity index (χ4n) is 9.27. The zero-order chi connectivity index (χ0) is 43.1. The molecule has 1 N–H and O–H groups in total. The third-order valence-electron chi connectivity index (χ3n) is 11.5. The molecule has 2 aliphatic heterocycles. The number of methoxy groups -OCH3 is 1. The molecule has 0 aromatic heterocycles. The van der Waals surface area contributed by atoms with Gasteiger partial charge >= 0.3 is 22.7 Å². The molecule has 0 spiro atoms. The van der Waals surface area contributed by atoms with Crippen molar-refractivity contribution in [3.63, 3.8) is 0 Å². The molecule has 0 unspecified atom stereocenters. The van der Waals surface area contributed by atoms with E-state index in [1.807, 2.05) is 0 Å². The van der Waals surface area contributed by atoms with Crippen molar-refractivity contribution in [1.82, 2.24) is 0 Å². The van der Waals surface area contributed by atoms with Crippen LogP contribution in [-0.4, -0.2) is 83.7 Å². The van der Waals surface area contributed by atoms with Crippen LogP contribution in [0.2, 0.25) is 0 Å². The minimum Gasteiger partial charge on any atom is -0.508 e. The highest BCUT2D eigenvalue weighted by atomic mass is 16.6. The fraction of sp³-hybridized carbons (Fsp3) is 0.351. The zero-order valence-electron chi connectivity index (χ0n) is 31.8. The standard InChI is InChI=1S/C37H34N8O14/c1-38(2)32-24(42(51)52)10-16(11-25(32)43(53)54)40-34(47)21-9-8-19-22(30(21)36(40)49)15-23-31(29(19)20-7-6-18(59-5)14-28(20)46)37(50)41(35(23)48)17-12-26(44(55)56)33(39(3)4)27(13-17)45(57)58/h6-8,10-14,21-23,29-31,46H,9,15H2,1-5H3/t21-,22+,23+,29+,30-,31+/m0/s1. The largest absolute Gasteiger partial charge is 0.508 e. The van der Waals surface area contributed by atoms with Gasteiger partial charge in [-0.05, 0) is 24.8 Å². The van der Waals surface area contributed by atoms with Crippen LogP contribution >= 0.6 is 0 Å². The predicted molar refractivity (Wildman–Crippen MR) is 205 cm³/mol. The van der Waals surface area contributed by atoms with Gasteiger partial charge in [0.2, 0.25) is 23.6 Å². The number of nitro groups is 4. The topological polar surface area (TPSA) is 283 Å². The highest BCUT2D eigenvalue weighted by Crippen LogP contribution is 2.60. The summed E-state index contributed by atoms with van der Waals surface area (Å²) in [6, 6.07) is 7.80. The number of phenols is 1. The van der Waals surface area contributed by atoms with Gasteiger partial charge < -0.3 is 19.6 Å². The molecule has 2 aliphatic carbocycles. The number of nitrogens with zero attached hydrogens (tertiary/aromatic N) is 8. The molecule has 0 radical (unpaired) electrons. The molecular formula is C37H34N8O14. The summed E-state index contributed by atoms with van der Waals surface area (Å²) in [6.45, 7) is 0. The maximum Gasteiger partial charge on any atom is 0.301 e. The van der Waals surface area contributed by atoms with Gasteiger partial charge in [-0.25, -0.2) is 9.80 Å². The number of aromatic hydroxyl groups is 1. The smallest absolute Gasteiger partial charge is 0.301 e. The number of hydrogen-bond acceptors (Lipinski definition) is 16. The Bertz CT molecular complexity index is 2410. The van der Waals surface area contributed by atoms with E-state index in [0.29, 0.717) is 15.4 Å². The number of amides is 4. The van der Waals surface area contributed by atoms with Gasteiger partial charge in [0.1, 0.15) is 11.5 Å². The van der Waals surface area contributed by atoms with Crippen molar-refractivity contribution in [3.05, 3.63) is 100 Å². The maximum atomic E-state index is 14.6. The molecule has 4 amide bonds. The summed E-state index contributed by atoms with van der Waals surface area (Å²) in [4.78, 5) is 107. The number of hydrogen-bond donors (Lipinski definition) is 1. The molecule has 4 aliphatic rings. The van der Waals surface area contributed by atoms with Gasteiger partial charge in [0.15, 0.2) is 11.4 Å². The van der Waals surface area contributed by atoms with E-state index in [0.717, 1.165) is 34.1 Å². The molecule has 2 saturated heterocycles. The molecule has 0 bridgehead atoms. The first kappa shape index (κ1) is 39.7. The lowest BCUT2D eigenvalue weighted by Crippen LogP contribution is -2.43. The van der Waals surface area contributed by atoms with Crippen LogP contribution < -0.4 is 24.3 Å². The Labute approximate surface area is 332 Å². The SMILES string of the molecule is COc1ccc([C@H]2C3=CC[C@@H]4C(=O)N(c5cc([N+](=O)[O-])c(N(C)C)c([N+](=O)[O-])c5)C(=O)[C@@H]4[C@@H]3C[C@H]3C(=O)N(c4cc([N+](=O)[O-])c(N(C)C)c([N+](=O)[O-])c4)C(=O)[C@@H]23)c(O)c1. The van der Waals surface area contributed by atoms with E-state index in [2.05, 4.69) is 0 Å². The Hall–Kier alpha value is -7.52. The Kier molecular flexibility index (Phi) is 9.52. The molecule has 22 nitrogen and oxygen atoms in total. The number of carbonyl (C=O) groups excluding carboxylic acids is 4. The highest BCUT2D eigenvalue weighted by Gasteiger charge is 2.63. The average Bonchev–Trinajstić information content (AvgIpc) is 3.58. The number of rotatable bonds is 10. The Morgan fingerprint density at radius 1 is 0.644 bits per heavy atom. The molecular weight excluding hydrogens is 780 g/mol. The molecule has 6 atom stereocenters. The van der Waals surface area contributed by atoms with Crippen molar-refractivity contribution in [1.29, 1.82) is 0 Å². The number of carbonyl (C=O) groups is 4. The first-order valence-corrected chi connectivity index (χ1v) is 17.9. The van der Waals surface area contributed by atoms with E-state index in [1.165, 1.54) is 53.5 Å². The number of benzene rings is 3. The highest BCUT2D eigenvalue weighted by molar-refractivity contribution is 6.24. The second kappa shape index (κ2) is 14.1. The summed E-state index contributed by atoms with van der Waals surface area (Å²) in [7, 11) is 6.76. The van der Waals surface area contributed by atoms with E-state index < -0.39 is 113 Å². The van der Waals surface area contributed by atoms with Crippen molar-refractivity contribution >= 4 is 69.1 Å². The van der Waals surface area contributed by atoms with Crippen molar-refractivity contribution < 1.29 is 48.7 Å². The predicted octanol–water partition coefficient (Wildman–Crippen LogP) is 4.21. The molecule has 59 heavy (non-hydrogen) atoms. The number of anilines is 4. The van der Waals surface area contributed by atoms with Crippen LogP contribution in [-0.2, 0) is 19.2 Å². The van der Waals surface area contributed by atoms with Gasteiger partial charge in [0, 0.05) is 70.0 Å². The number of phenolic OH excluding ortho intramolecular Hbond substituents is 1. The van der Waals surface area contributed by atoms with E-state index in [9.17, 15) is 64.7 Å². The molecule has 3 aromatic carbocycles. The van der Waals surface area contributed by atoms with Crippen LogP contribution in [0, 0.1) is 70.0 Å². The van der Waals surface area contributed by atoms with Gasteiger partial charge in [0.25, 0.3) is 0 Å². The molecule has 3 aromatic rings. The summed E-state index contributed by atoms with van der Waals surface area (Å²) in [6.07, 6.45) is 1.30. The zero-order valence-corrected chi connectivity index (χ0v) is 31.8. The lowest BCUT2D eigenvalue weighted by molar-refractivity contribution is -0.392. The number of imide groups is 2. The van der Waals surface area contributed by atoms with Crippen LogP contribution in [0.25, 0.3) is 0 Å². The van der Waals surface area contributed by atoms with Crippen LogP contribution in [0.4, 0.5) is 45.5 Å². The maximum absolute atomic E-state index is 14.6. The summed E-state index contributed by atoms with van der Waals surface area (Å²) in [5.41, 5.74) is -4.07. The van der Waals surface area contributed by atoms with Gasteiger partial charge in [-0.2, -0.15) is 0 Å². The summed E-state index contributed by atoms with van der Waals surface area (Å²) in [5, 5.41) is 60.1. The van der Waals surface area contributed by atoms with Crippen molar-refractivity contribution in [2.45, 2.75) is 18.8 Å². The van der Waals surface area contributed by atoms with Crippen LogP contribution in [0.5, 0.6) is 11.5 Å². The first-order valence-electron chi connectivity index (χ1n) is 17.9. The monoisotopic (exact) mass is 814 g/mol. The van der Waals surface area contributed by atoms with Gasteiger partial charge in [-0.3, -0.25) is 59.6 Å². The minimum absolute atomic E-state index is 0.0986. The molecule has 22 heteroatoms. The third-order valence-corrected chi connectivity index (χ3v) is 11.5. The lowest BCUT2D eigenvalue weighted by Gasteiger charge is -2.44. The first-order chi connectivity index (χ1) is 27.8. The number of nitro benzene ring substituents is 4. The molecule has 7 rings (SSSR count). The van der Waals surface area contributed by atoms with Crippen LogP contribution in [0.1, 0.15) is 24.3 Å². The molecule has 1 saturated carbocycles. The number of allylic oxidation sites excluding steroid dienone is 2. The van der Waals surface area contributed by atoms with Crippen molar-refractivity contribution in [2.75, 3.05) is 54.9 Å². The van der Waals surface area contributed by atoms with Gasteiger partial charge in [0.05, 0.1) is 61.8 Å². The van der Waals surface area contributed by atoms with Crippen molar-refractivity contribution in [2.24, 2.45) is 29.6 Å². The van der Waals surface area contributed by atoms with Gasteiger partial charge in [-0.15, -0.1) is 0 Å².